The highest BCUT2D eigenvalue weighted by molar-refractivity contribution is 6.01. The van der Waals surface area contributed by atoms with Crippen LogP contribution in [0.1, 0.15) is 47.3 Å². The first kappa shape index (κ1) is 13.9. The quantitative estimate of drug-likeness (QED) is 0.791. The van der Waals surface area contributed by atoms with Crippen molar-refractivity contribution >= 4 is 5.78 Å². The lowest BCUT2D eigenvalue weighted by molar-refractivity contribution is 0.0941. The van der Waals surface area contributed by atoms with E-state index in [2.05, 4.69) is 25.2 Å². The number of aryl methyl sites for hydroxylation is 3. The fourth-order valence-corrected chi connectivity index (χ4v) is 2.08. The molecule has 1 rings (SSSR count). The summed E-state index contributed by atoms with van der Waals surface area (Å²) in [5, 5.41) is 3.24. The third-order valence-electron chi connectivity index (χ3n) is 3.28. The van der Waals surface area contributed by atoms with Crippen molar-refractivity contribution in [3.8, 4) is 0 Å². The number of likely N-dealkylation sites (N-methyl/N-ethyl adjacent to an activating group) is 1. The van der Waals surface area contributed by atoms with Gasteiger partial charge in [-0.05, 0) is 56.5 Å². The van der Waals surface area contributed by atoms with Crippen molar-refractivity contribution < 1.29 is 4.79 Å². The fraction of sp³-hybridized carbons (Fsp3) is 0.533. The molecule has 0 bridgehead atoms. The van der Waals surface area contributed by atoms with Crippen molar-refractivity contribution in [2.24, 2.45) is 0 Å². The van der Waals surface area contributed by atoms with Crippen LogP contribution in [0.3, 0.4) is 0 Å². The van der Waals surface area contributed by atoms with Gasteiger partial charge in [0, 0.05) is 5.56 Å². The summed E-state index contributed by atoms with van der Waals surface area (Å²) in [6.07, 6.45) is 0.832. The topological polar surface area (TPSA) is 29.1 Å². The van der Waals surface area contributed by atoms with E-state index in [1.54, 1.807) is 0 Å². The second-order valence-corrected chi connectivity index (χ2v) is 4.63. The van der Waals surface area contributed by atoms with Crippen molar-refractivity contribution in [3.05, 3.63) is 34.4 Å². The van der Waals surface area contributed by atoms with Crippen molar-refractivity contribution in [2.75, 3.05) is 6.54 Å². The maximum absolute atomic E-state index is 12.4. The number of rotatable bonds is 5. The summed E-state index contributed by atoms with van der Waals surface area (Å²) >= 11 is 0. The van der Waals surface area contributed by atoms with Crippen LogP contribution in [-0.2, 0) is 0 Å². The fourth-order valence-electron chi connectivity index (χ4n) is 2.08. The Morgan fingerprint density at radius 2 is 1.71 bits per heavy atom. The summed E-state index contributed by atoms with van der Waals surface area (Å²) in [4.78, 5) is 12.4. The zero-order valence-corrected chi connectivity index (χ0v) is 11.6. The summed E-state index contributed by atoms with van der Waals surface area (Å²) < 4.78 is 0. The van der Waals surface area contributed by atoms with E-state index < -0.39 is 0 Å². The molecule has 1 aromatic carbocycles. The molecule has 0 fully saturated rings. The molecular weight excluding hydrogens is 210 g/mol. The summed E-state index contributed by atoms with van der Waals surface area (Å²) in [6, 6.07) is 4.06. The monoisotopic (exact) mass is 233 g/mol. The minimum atomic E-state index is -0.0548. The number of ketones is 1. The third kappa shape index (κ3) is 3.16. The van der Waals surface area contributed by atoms with Crippen LogP contribution in [0.2, 0.25) is 0 Å². The zero-order chi connectivity index (χ0) is 13.0. The number of Topliss-reactive ketones (excluding diaryl/α,β-unsaturated/α-hetero) is 1. The number of hydrogen-bond acceptors (Lipinski definition) is 2. The van der Waals surface area contributed by atoms with Gasteiger partial charge >= 0.3 is 0 Å². The highest BCUT2D eigenvalue weighted by Crippen LogP contribution is 2.17. The maximum atomic E-state index is 12.4. The Hall–Kier alpha value is -1.15. The molecule has 0 amide bonds. The Labute approximate surface area is 104 Å². The van der Waals surface area contributed by atoms with Gasteiger partial charge in [0.15, 0.2) is 5.78 Å². The third-order valence-corrected chi connectivity index (χ3v) is 3.28. The molecule has 0 aliphatic heterocycles. The smallest absolute Gasteiger partial charge is 0.179 e. The van der Waals surface area contributed by atoms with Crippen LogP contribution in [0.4, 0.5) is 0 Å². The van der Waals surface area contributed by atoms with Gasteiger partial charge in [-0.25, -0.2) is 0 Å². The van der Waals surface area contributed by atoms with E-state index in [0.717, 1.165) is 24.1 Å². The molecule has 0 saturated carbocycles. The van der Waals surface area contributed by atoms with Crippen molar-refractivity contribution in [1.82, 2.24) is 5.32 Å². The highest BCUT2D eigenvalue weighted by atomic mass is 16.1. The second-order valence-electron chi connectivity index (χ2n) is 4.63. The van der Waals surface area contributed by atoms with Gasteiger partial charge in [0.1, 0.15) is 0 Å². The lowest BCUT2D eigenvalue weighted by atomic mass is 9.94. The summed E-state index contributed by atoms with van der Waals surface area (Å²) in [7, 11) is 0. The van der Waals surface area contributed by atoms with E-state index in [-0.39, 0.29) is 11.8 Å². The summed E-state index contributed by atoms with van der Waals surface area (Å²) in [5.74, 6) is 0.218. The van der Waals surface area contributed by atoms with Gasteiger partial charge in [0.2, 0.25) is 0 Å². The van der Waals surface area contributed by atoms with Crippen LogP contribution in [0.25, 0.3) is 0 Å². The Kier molecular flexibility index (Phi) is 4.88. The molecule has 0 spiro atoms. The van der Waals surface area contributed by atoms with Crippen LogP contribution >= 0.6 is 0 Å². The second kappa shape index (κ2) is 5.97. The van der Waals surface area contributed by atoms with Gasteiger partial charge in [-0.3, -0.25) is 4.79 Å². The SMILES string of the molecule is CCNC(CC)C(=O)c1cc(C)c(C)cc1C. The Bertz CT molecular complexity index is 410. The number of nitrogens with one attached hydrogen (secondary N) is 1. The van der Waals surface area contributed by atoms with Gasteiger partial charge in [0.05, 0.1) is 6.04 Å². The molecule has 17 heavy (non-hydrogen) atoms. The molecule has 1 aromatic rings. The number of hydrogen-bond donors (Lipinski definition) is 1. The molecule has 2 nitrogen and oxygen atoms in total. The van der Waals surface area contributed by atoms with E-state index in [0.29, 0.717) is 0 Å². The first-order chi connectivity index (χ1) is 8.01. The van der Waals surface area contributed by atoms with Gasteiger partial charge in [0.25, 0.3) is 0 Å². The highest BCUT2D eigenvalue weighted by Gasteiger charge is 2.19. The average Bonchev–Trinajstić information content (AvgIpc) is 2.30. The Morgan fingerprint density at radius 3 is 2.24 bits per heavy atom. The van der Waals surface area contributed by atoms with Crippen molar-refractivity contribution in [3.63, 3.8) is 0 Å². The van der Waals surface area contributed by atoms with Crippen molar-refractivity contribution in [1.29, 1.82) is 0 Å². The van der Waals surface area contributed by atoms with Crippen molar-refractivity contribution in [2.45, 2.75) is 47.1 Å². The largest absolute Gasteiger partial charge is 0.307 e. The molecule has 2 heteroatoms. The molecule has 0 aliphatic rings. The Morgan fingerprint density at radius 1 is 1.12 bits per heavy atom. The summed E-state index contributed by atoms with van der Waals surface area (Å²) in [5.41, 5.74) is 4.37. The molecule has 1 unspecified atom stereocenters. The lowest BCUT2D eigenvalue weighted by Crippen LogP contribution is -2.36. The van der Waals surface area contributed by atoms with Gasteiger partial charge in [-0.1, -0.05) is 19.9 Å². The van der Waals surface area contributed by atoms with Crippen LogP contribution in [0.5, 0.6) is 0 Å². The number of benzene rings is 1. The normalized spacial score (nSPS) is 12.5. The molecule has 0 heterocycles. The van der Waals surface area contributed by atoms with E-state index in [4.69, 9.17) is 0 Å². The number of carbonyl (C=O) groups is 1. The molecule has 0 aliphatic carbocycles. The molecule has 0 saturated heterocycles. The van der Waals surface area contributed by atoms with E-state index >= 15 is 0 Å². The molecule has 0 radical (unpaired) electrons. The molecule has 94 valence electrons. The van der Waals surface area contributed by atoms with E-state index in [1.807, 2.05) is 26.8 Å². The first-order valence-corrected chi connectivity index (χ1v) is 6.36. The average molecular weight is 233 g/mol. The van der Waals surface area contributed by atoms with Gasteiger partial charge in [-0.2, -0.15) is 0 Å². The minimum absolute atomic E-state index is 0.0548. The van der Waals surface area contributed by atoms with E-state index in [1.165, 1.54) is 11.1 Å². The van der Waals surface area contributed by atoms with E-state index in [9.17, 15) is 4.79 Å². The maximum Gasteiger partial charge on any atom is 0.179 e. The first-order valence-electron chi connectivity index (χ1n) is 6.36. The predicted octanol–water partition coefficient (Wildman–Crippen LogP) is 3.18. The molecule has 0 aromatic heterocycles. The molecule has 1 N–H and O–H groups in total. The molecule has 1 atom stereocenters. The van der Waals surface area contributed by atoms with Crippen LogP contribution in [0, 0.1) is 20.8 Å². The standard InChI is InChI=1S/C15H23NO/c1-6-14(16-7-2)15(17)13-9-11(4)10(3)8-12(13)5/h8-9,14,16H,6-7H2,1-5H3. The van der Waals surface area contributed by atoms with Gasteiger partial charge < -0.3 is 5.32 Å². The predicted molar refractivity (Wildman–Crippen MR) is 72.7 cm³/mol. The van der Waals surface area contributed by atoms with Crippen LogP contribution < -0.4 is 5.32 Å². The lowest BCUT2D eigenvalue weighted by Gasteiger charge is -2.17. The molecular formula is C15H23NO. The Balaban J connectivity index is 3.07. The van der Waals surface area contributed by atoms with Crippen LogP contribution in [-0.4, -0.2) is 18.4 Å². The number of carbonyl (C=O) groups excluding carboxylic acids is 1. The zero-order valence-electron chi connectivity index (χ0n) is 11.6. The van der Waals surface area contributed by atoms with Gasteiger partial charge in [-0.15, -0.1) is 0 Å². The minimum Gasteiger partial charge on any atom is -0.307 e. The van der Waals surface area contributed by atoms with Crippen LogP contribution in [0.15, 0.2) is 12.1 Å². The summed E-state index contributed by atoms with van der Waals surface area (Å²) in [6.45, 7) is 11.1.